The first-order chi connectivity index (χ1) is 6.68. The summed E-state index contributed by atoms with van der Waals surface area (Å²) in [5.41, 5.74) is 3.65. The number of hydrogen-bond donors (Lipinski definition) is 1. The molecule has 1 aromatic rings. The SMILES string of the molecule is C=C1C(=O)NC=C1c1ccc(C)cc1. The average Bonchev–Trinajstić information content (AvgIpc) is 2.50. The van der Waals surface area contributed by atoms with Crippen molar-refractivity contribution in [2.75, 3.05) is 0 Å². The number of hydrogen-bond acceptors (Lipinski definition) is 1. The van der Waals surface area contributed by atoms with Crippen molar-refractivity contribution >= 4 is 11.5 Å². The number of amides is 1. The zero-order chi connectivity index (χ0) is 10.1. The average molecular weight is 185 g/mol. The molecule has 1 aliphatic heterocycles. The molecule has 0 aliphatic carbocycles. The second-order valence-corrected chi connectivity index (χ2v) is 3.38. The quantitative estimate of drug-likeness (QED) is 0.666. The van der Waals surface area contributed by atoms with Crippen molar-refractivity contribution in [2.24, 2.45) is 0 Å². The highest BCUT2D eigenvalue weighted by Crippen LogP contribution is 2.25. The maximum absolute atomic E-state index is 11.2. The lowest BCUT2D eigenvalue weighted by Crippen LogP contribution is -2.10. The normalized spacial score (nSPS) is 15.4. The van der Waals surface area contributed by atoms with Crippen LogP contribution in [0.15, 0.2) is 42.6 Å². The van der Waals surface area contributed by atoms with Crippen molar-refractivity contribution in [3.63, 3.8) is 0 Å². The second-order valence-electron chi connectivity index (χ2n) is 3.38. The van der Waals surface area contributed by atoms with E-state index in [4.69, 9.17) is 0 Å². The van der Waals surface area contributed by atoms with Gasteiger partial charge in [0.2, 0.25) is 0 Å². The van der Waals surface area contributed by atoms with E-state index in [1.807, 2.05) is 31.2 Å². The minimum absolute atomic E-state index is 0.111. The van der Waals surface area contributed by atoms with Crippen LogP contribution in [-0.2, 0) is 4.79 Å². The Morgan fingerprint density at radius 1 is 1.21 bits per heavy atom. The summed E-state index contributed by atoms with van der Waals surface area (Å²) in [4.78, 5) is 11.2. The van der Waals surface area contributed by atoms with Crippen LogP contribution in [0.5, 0.6) is 0 Å². The molecule has 0 aromatic heterocycles. The highest BCUT2D eigenvalue weighted by Gasteiger charge is 2.18. The lowest BCUT2D eigenvalue weighted by molar-refractivity contribution is -0.115. The topological polar surface area (TPSA) is 29.1 Å². The van der Waals surface area contributed by atoms with Gasteiger partial charge in [-0.1, -0.05) is 36.4 Å². The fraction of sp³-hybridized carbons (Fsp3) is 0.0833. The van der Waals surface area contributed by atoms with Gasteiger partial charge in [0.1, 0.15) is 0 Å². The fourth-order valence-corrected chi connectivity index (χ4v) is 1.42. The Balaban J connectivity index is 2.37. The minimum Gasteiger partial charge on any atom is -0.328 e. The molecule has 1 heterocycles. The van der Waals surface area contributed by atoms with Gasteiger partial charge in [0.05, 0.1) is 0 Å². The third-order valence-electron chi connectivity index (χ3n) is 2.31. The zero-order valence-electron chi connectivity index (χ0n) is 8.00. The number of aryl methyl sites for hydroxylation is 1. The van der Waals surface area contributed by atoms with Crippen molar-refractivity contribution in [2.45, 2.75) is 6.92 Å². The van der Waals surface area contributed by atoms with E-state index in [1.54, 1.807) is 6.20 Å². The van der Waals surface area contributed by atoms with E-state index >= 15 is 0 Å². The van der Waals surface area contributed by atoms with Crippen LogP contribution in [0.3, 0.4) is 0 Å². The van der Waals surface area contributed by atoms with E-state index in [1.165, 1.54) is 5.56 Å². The molecule has 2 rings (SSSR count). The highest BCUT2D eigenvalue weighted by molar-refractivity contribution is 6.13. The van der Waals surface area contributed by atoms with Crippen LogP contribution in [-0.4, -0.2) is 5.91 Å². The molecule has 0 saturated heterocycles. The van der Waals surface area contributed by atoms with E-state index in [-0.39, 0.29) is 5.91 Å². The van der Waals surface area contributed by atoms with Crippen molar-refractivity contribution in [3.05, 3.63) is 53.7 Å². The molecule has 1 aromatic carbocycles. The summed E-state index contributed by atoms with van der Waals surface area (Å²) in [6, 6.07) is 8.03. The van der Waals surface area contributed by atoms with Gasteiger partial charge in [0, 0.05) is 17.3 Å². The van der Waals surface area contributed by atoms with Gasteiger partial charge in [-0.25, -0.2) is 0 Å². The summed E-state index contributed by atoms with van der Waals surface area (Å²) in [7, 11) is 0. The predicted molar refractivity (Wildman–Crippen MR) is 56.4 cm³/mol. The Bertz CT molecular complexity index is 426. The molecular weight excluding hydrogens is 174 g/mol. The molecule has 0 bridgehead atoms. The molecule has 1 aliphatic rings. The molecule has 1 N–H and O–H groups in total. The number of benzene rings is 1. The van der Waals surface area contributed by atoms with Crippen molar-refractivity contribution in [1.29, 1.82) is 0 Å². The molecule has 0 spiro atoms. The van der Waals surface area contributed by atoms with Gasteiger partial charge in [0.25, 0.3) is 5.91 Å². The van der Waals surface area contributed by atoms with Crippen LogP contribution < -0.4 is 5.32 Å². The molecule has 2 heteroatoms. The van der Waals surface area contributed by atoms with Crippen LogP contribution in [0.1, 0.15) is 11.1 Å². The van der Waals surface area contributed by atoms with E-state index in [9.17, 15) is 4.79 Å². The largest absolute Gasteiger partial charge is 0.328 e. The Kier molecular flexibility index (Phi) is 1.97. The van der Waals surface area contributed by atoms with Gasteiger partial charge in [-0.2, -0.15) is 0 Å². The monoisotopic (exact) mass is 185 g/mol. The van der Waals surface area contributed by atoms with Crippen LogP contribution in [0.2, 0.25) is 0 Å². The number of rotatable bonds is 1. The van der Waals surface area contributed by atoms with Gasteiger partial charge < -0.3 is 5.32 Å². The lowest BCUT2D eigenvalue weighted by Gasteiger charge is -2.02. The molecule has 0 radical (unpaired) electrons. The van der Waals surface area contributed by atoms with Gasteiger partial charge in [-0.05, 0) is 12.5 Å². The summed E-state index contributed by atoms with van der Waals surface area (Å²) in [5, 5.41) is 2.63. The van der Waals surface area contributed by atoms with Crippen LogP contribution in [0, 0.1) is 6.92 Å². The third-order valence-corrected chi connectivity index (χ3v) is 2.31. The standard InChI is InChI=1S/C12H11NO/c1-8-3-5-10(6-4-8)11-7-13-12(14)9(11)2/h3-7H,2H2,1H3,(H,13,14). The number of nitrogens with one attached hydrogen (secondary N) is 1. The smallest absolute Gasteiger partial charge is 0.255 e. The molecule has 14 heavy (non-hydrogen) atoms. The molecule has 0 saturated carbocycles. The summed E-state index contributed by atoms with van der Waals surface area (Å²) < 4.78 is 0. The fourth-order valence-electron chi connectivity index (χ4n) is 1.42. The highest BCUT2D eigenvalue weighted by atomic mass is 16.1. The van der Waals surface area contributed by atoms with Crippen molar-refractivity contribution in [3.8, 4) is 0 Å². The van der Waals surface area contributed by atoms with Gasteiger partial charge >= 0.3 is 0 Å². The Morgan fingerprint density at radius 3 is 2.36 bits per heavy atom. The van der Waals surface area contributed by atoms with E-state index in [0.717, 1.165) is 11.1 Å². The maximum Gasteiger partial charge on any atom is 0.255 e. The van der Waals surface area contributed by atoms with E-state index in [2.05, 4.69) is 11.9 Å². The Labute approximate surface area is 82.9 Å². The lowest BCUT2D eigenvalue weighted by atomic mass is 10.0. The van der Waals surface area contributed by atoms with Crippen LogP contribution in [0.4, 0.5) is 0 Å². The third kappa shape index (κ3) is 1.35. The number of carbonyl (C=O) groups is 1. The molecule has 0 fully saturated rings. The van der Waals surface area contributed by atoms with Crippen LogP contribution in [0.25, 0.3) is 5.57 Å². The molecule has 2 nitrogen and oxygen atoms in total. The summed E-state index contributed by atoms with van der Waals surface area (Å²) in [5.74, 6) is -0.111. The molecule has 1 amide bonds. The summed E-state index contributed by atoms with van der Waals surface area (Å²) in [6.07, 6.45) is 1.70. The van der Waals surface area contributed by atoms with Gasteiger partial charge in [0.15, 0.2) is 0 Å². The summed E-state index contributed by atoms with van der Waals surface area (Å²) in [6.45, 7) is 5.77. The minimum atomic E-state index is -0.111. The first-order valence-electron chi connectivity index (χ1n) is 4.46. The van der Waals surface area contributed by atoms with Gasteiger partial charge in [-0.15, -0.1) is 0 Å². The number of carbonyl (C=O) groups excluding carboxylic acids is 1. The van der Waals surface area contributed by atoms with Crippen LogP contribution >= 0.6 is 0 Å². The van der Waals surface area contributed by atoms with E-state index < -0.39 is 0 Å². The Morgan fingerprint density at radius 2 is 1.86 bits per heavy atom. The predicted octanol–water partition coefficient (Wildman–Crippen LogP) is 2.02. The second kappa shape index (κ2) is 3.14. The maximum atomic E-state index is 11.2. The molecule has 0 unspecified atom stereocenters. The van der Waals surface area contributed by atoms with Crippen molar-refractivity contribution in [1.82, 2.24) is 5.32 Å². The molecule has 0 atom stereocenters. The first kappa shape index (κ1) is 8.75. The van der Waals surface area contributed by atoms with Crippen molar-refractivity contribution < 1.29 is 4.79 Å². The van der Waals surface area contributed by atoms with E-state index in [0.29, 0.717) is 5.57 Å². The first-order valence-corrected chi connectivity index (χ1v) is 4.46. The Hall–Kier alpha value is -1.83. The molecular formula is C12H11NO. The zero-order valence-corrected chi connectivity index (χ0v) is 8.00. The summed E-state index contributed by atoms with van der Waals surface area (Å²) >= 11 is 0. The molecule has 70 valence electrons. The van der Waals surface area contributed by atoms with Gasteiger partial charge in [-0.3, -0.25) is 4.79 Å².